The first kappa shape index (κ1) is 19.5. The Morgan fingerprint density at radius 3 is 2.59 bits per heavy atom. The summed E-state index contributed by atoms with van der Waals surface area (Å²) in [6.45, 7) is 13.0. The number of carbonyl (C=O) groups is 1. The Bertz CT molecular complexity index is 615. The number of fused-ring (bicyclic) bond motifs is 5. The Balaban J connectivity index is 1.67. The molecule has 1 N–H and O–H groups in total. The third kappa shape index (κ3) is 2.74. The van der Waals surface area contributed by atoms with E-state index in [0.717, 1.165) is 31.6 Å². The molecule has 0 aromatic heterocycles. The summed E-state index contributed by atoms with van der Waals surface area (Å²) in [6, 6.07) is 0. The lowest BCUT2D eigenvalue weighted by atomic mass is 9.42. The number of rotatable bonds is 2. The van der Waals surface area contributed by atoms with Crippen LogP contribution in [0.1, 0.15) is 72.6 Å². The highest BCUT2D eigenvalue weighted by Crippen LogP contribution is 2.68. The molecule has 0 saturated heterocycles. The van der Waals surface area contributed by atoms with Gasteiger partial charge < -0.3 is 9.84 Å². The molecule has 152 valence electrons. The molecule has 27 heavy (non-hydrogen) atoms. The Kier molecular flexibility index (Phi) is 4.77. The lowest BCUT2D eigenvalue weighted by molar-refractivity contribution is -0.172. The fraction of sp³-hybridized carbons (Fsp3) is 0.875. The molecular formula is C24H38O3. The zero-order valence-electron chi connectivity index (χ0n) is 17.6. The molecule has 4 aliphatic carbocycles. The second kappa shape index (κ2) is 6.61. The van der Waals surface area contributed by atoms with E-state index in [9.17, 15) is 9.90 Å². The smallest absolute Gasteiger partial charge is 0.302 e. The highest BCUT2D eigenvalue weighted by Gasteiger charge is 2.64. The van der Waals surface area contributed by atoms with Gasteiger partial charge in [-0.15, -0.1) is 6.58 Å². The van der Waals surface area contributed by atoms with E-state index < -0.39 is 0 Å². The van der Waals surface area contributed by atoms with Gasteiger partial charge in [0.1, 0.15) is 6.10 Å². The third-order valence-corrected chi connectivity index (χ3v) is 9.80. The number of carbonyl (C=O) groups excluding carboxylic acids is 1. The van der Waals surface area contributed by atoms with Crippen LogP contribution >= 0.6 is 0 Å². The molecule has 3 nitrogen and oxygen atoms in total. The van der Waals surface area contributed by atoms with E-state index in [2.05, 4.69) is 33.4 Å². The predicted octanol–water partition coefficient (Wildman–Crippen LogP) is 4.98. The SMILES string of the molecule is C=C[C@H]1C[C@H](OC(C)=O)[C@@]2(C)CC[C@H]3[C@@H](CC[C@H]4C[C@H](O)C[C@H](C)[C@@]43C)[C@H]12. The minimum absolute atomic E-state index is 0.0417. The van der Waals surface area contributed by atoms with Crippen LogP contribution in [-0.4, -0.2) is 23.3 Å². The summed E-state index contributed by atoms with van der Waals surface area (Å²) in [4.78, 5) is 11.7. The Morgan fingerprint density at radius 2 is 1.93 bits per heavy atom. The van der Waals surface area contributed by atoms with Gasteiger partial charge in [-0.3, -0.25) is 4.79 Å². The number of aliphatic hydroxyl groups excluding tert-OH is 1. The zero-order chi connectivity index (χ0) is 19.6. The maximum absolute atomic E-state index is 11.7. The van der Waals surface area contributed by atoms with Gasteiger partial charge in [-0.05, 0) is 85.9 Å². The van der Waals surface area contributed by atoms with Crippen molar-refractivity contribution in [3.63, 3.8) is 0 Å². The van der Waals surface area contributed by atoms with Gasteiger partial charge in [-0.1, -0.05) is 26.8 Å². The molecule has 3 heteroatoms. The first-order valence-electron chi connectivity index (χ1n) is 11.2. The molecule has 4 rings (SSSR count). The van der Waals surface area contributed by atoms with Gasteiger partial charge in [0.15, 0.2) is 0 Å². The van der Waals surface area contributed by atoms with E-state index in [0.29, 0.717) is 35.0 Å². The maximum atomic E-state index is 11.7. The minimum Gasteiger partial charge on any atom is -0.462 e. The van der Waals surface area contributed by atoms with E-state index in [1.165, 1.54) is 19.3 Å². The normalized spacial score (nSPS) is 54.4. The van der Waals surface area contributed by atoms with Crippen molar-refractivity contribution in [2.45, 2.75) is 84.8 Å². The van der Waals surface area contributed by atoms with Gasteiger partial charge in [0.25, 0.3) is 0 Å². The van der Waals surface area contributed by atoms with Gasteiger partial charge in [-0.25, -0.2) is 0 Å². The average molecular weight is 375 g/mol. The molecule has 0 spiro atoms. The highest BCUT2D eigenvalue weighted by atomic mass is 16.5. The first-order chi connectivity index (χ1) is 12.7. The quantitative estimate of drug-likeness (QED) is 0.548. The summed E-state index contributed by atoms with van der Waals surface area (Å²) in [6.07, 6.45) is 9.89. The Morgan fingerprint density at radius 1 is 1.19 bits per heavy atom. The second-order valence-electron chi connectivity index (χ2n) is 10.7. The van der Waals surface area contributed by atoms with Crippen molar-refractivity contribution in [1.29, 1.82) is 0 Å². The van der Waals surface area contributed by atoms with Crippen LogP contribution in [0.15, 0.2) is 12.7 Å². The first-order valence-corrected chi connectivity index (χ1v) is 11.2. The van der Waals surface area contributed by atoms with E-state index in [1.807, 2.05) is 0 Å². The molecule has 0 aliphatic heterocycles. The monoisotopic (exact) mass is 374 g/mol. The summed E-state index contributed by atoms with van der Waals surface area (Å²) >= 11 is 0. The van der Waals surface area contributed by atoms with Crippen LogP contribution in [0.3, 0.4) is 0 Å². The van der Waals surface area contributed by atoms with E-state index in [-0.39, 0.29) is 23.6 Å². The molecule has 0 amide bonds. The van der Waals surface area contributed by atoms with Crippen LogP contribution in [0, 0.1) is 46.3 Å². The van der Waals surface area contributed by atoms with Crippen molar-refractivity contribution in [2.75, 3.05) is 0 Å². The fourth-order valence-corrected chi connectivity index (χ4v) is 8.44. The molecule has 4 aliphatic rings. The molecule has 10 atom stereocenters. The Hall–Kier alpha value is -0.830. The highest BCUT2D eigenvalue weighted by molar-refractivity contribution is 5.66. The largest absolute Gasteiger partial charge is 0.462 e. The second-order valence-corrected chi connectivity index (χ2v) is 10.7. The van der Waals surface area contributed by atoms with Gasteiger partial charge in [-0.2, -0.15) is 0 Å². The lowest BCUT2D eigenvalue weighted by Crippen LogP contribution is -2.57. The van der Waals surface area contributed by atoms with E-state index in [1.54, 1.807) is 6.92 Å². The van der Waals surface area contributed by atoms with Crippen molar-refractivity contribution in [3.05, 3.63) is 12.7 Å². The molecule has 0 unspecified atom stereocenters. The summed E-state index contributed by atoms with van der Waals surface area (Å²) in [7, 11) is 0. The minimum atomic E-state index is -0.141. The molecule has 4 fully saturated rings. The van der Waals surface area contributed by atoms with E-state index in [4.69, 9.17) is 4.74 Å². The lowest BCUT2D eigenvalue weighted by Gasteiger charge is -2.63. The van der Waals surface area contributed by atoms with Crippen LogP contribution in [0.25, 0.3) is 0 Å². The molecular weight excluding hydrogens is 336 g/mol. The summed E-state index contributed by atoms with van der Waals surface area (Å²) in [5.41, 5.74) is 0.432. The van der Waals surface area contributed by atoms with E-state index >= 15 is 0 Å². The maximum Gasteiger partial charge on any atom is 0.302 e. The molecule has 0 aromatic rings. The summed E-state index contributed by atoms with van der Waals surface area (Å²) in [5.74, 6) is 3.57. The summed E-state index contributed by atoms with van der Waals surface area (Å²) < 4.78 is 5.84. The number of ether oxygens (including phenoxy) is 1. The molecule has 4 saturated carbocycles. The molecule has 0 radical (unpaired) electrons. The van der Waals surface area contributed by atoms with Crippen LogP contribution in [0.4, 0.5) is 0 Å². The van der Waals surface area contributed by atoms with Crippen LogP contribution in [0.2, 0.25) is 0 Å². The van der Waals surface area contributed by atoms with Gasteiger partial charge in [0.2, 0.25) is 0 Å². The number of aliphatic hydroxyl groups is 1. The number of allylic oxidation sites excluding steroid dienone is 1. The molecule has 0 bridgehead atoms. The predicted molar refractivity (Wildman–Crippen MR) is 107 cm³/mol. The Labute approximate surface area is 164 Å². The standard InChI is InChI=1S/C24H38O3/c1-6-16-12-21(27-15(3)25)23(4)10-9-20-19(22(16)23)8-7-17-13-18(26)11-14(2)24(17,20)5/h6,14,16-22,26H,1,7-13H2,2-5H3/t14-,16-,17-,18+,19+,20-,21-,22-,23+,24-/m0/s1. The zero-order valence-corrected chi connectivity index (χ0v) is 17.6. The number of hydrogen-bond donors (Lipinski definition) is 1. The van der Waals surface area contributed by atoms with Crippen molar-refractivity contribution < 1.29 is 14.6 Å². The van der Waals surface area contributed by atoms with Crippen molar-refractivity contribution in [3.8, 4) is 0 Å². The topological polar surface area (TPSA) is 46.5 Å². The fourth-order valence-electron chi connectivity index (χ4n) is 8.44. The van der Waals surface area contributed by atoms with Crippen molar-refractivity contribution >= 4 is 5.97 Å². The van der Waals surface area contributed by atoms with Crippen LogP contribution < -0.4 is 0 Å². The van der Waals surface area contributed by atoms with Gasteiger partial charge in [0, 0.05) is 12.3 Å². The number of hydrogen-bond acceptors (Lipinski definition) is 3. The summed E-state index contributed by atoms with van der Waals surface area (Å²) in [5, 5.41) is 10.4. The molecule has 0 aromatic carbocycles. The van der Waals surface area contributed by atoms with Crippen molar-refractivity contribution in [2.24, 2.45) is 46.3 Å². The van der Waals surface area contributed by atoms with Gasteiger partial charge >= 0.3 is 5.97 Å². The van der Waals surface area contributed by atoms with Gasteiger partial charge in [0.05, 0.1) is 6.10 Å². The van der Waals surface area contributed by atoms with Crippen LogP contribution in [0.5, 0.6) is 0 Å². The number of esters is 1. The average Bonchev–Trinajstić information content (AvgIpc) is 2.88. The van der Waals surface area contributed by atoms with Crippen molar-refractivity contribution in [1.82, 2.24) is 0 Å². The van der Waals surface area contributed by atoms with Crippen LogP contribution in [-0.2, 0) is 9.53 Å². The molecule has 0 heterocycles. The third-order valence-electron chi connectivity index (χ3n) is 9.80.